The van der Waals surface area contributed by atoms with E-state index in [4.69, 9.17) is 0 Å². The highest BCUT2D eigenvalue weighted by molar-refractivity contribution is 5.76. The van der Waals surface area contributed by atoms with Gasteiger partial charge in [-0.3, -0.25) is 9.48 Å². The Bertz CT molecular complexity index is 534. The molecule has 4 nitrogen and oxygen atoms in total. The number of hydrogen-bond donors (Lipinski definition) is 1. The summed E-state index contributed by atoms with van der Waals surface area (Å²) in [7, 11) is 0. The van der Waals surface area contributed by atoms with E-state index in [9.17, 15) is 9.90 Å². The van der Waals surface area contributed by atoms with E-state index in [0.717, 1.165) is 24.2 Å². The van der Waals surface area contributed by atoms with Crippen LogP contribution in [0.15, 0.2) is 42.6 Å². The van der Waals surface area contributed by atoms with Crippen molar-refractivity contribution < 1.29 is 9.90 Å². The van der Waals surface area contributed by atoms with Gasteiger partial charge in [0.15, 0.2) is 0 Å². The minimum atomic E-state index is -0.796. The molecule has 0 spiro atoms. The lowest BCUT2D eigenvalue weighted by atomic mass is 9.94. The summed E-state index contributed by atoms with van der Waals surface area (Å²) in [5.74, 6) is -1.32. The van der Waals surface area contributed by atoms with Crippen molar-refractivity contribution >= 4 is 5.97 Å². The number of aryl methyl sites for hydroxylation is 1. The van der Waals surface area contributed by atoms with E-state index in [-0.39, 0.29) is 0 Å². The second-order valence-electron chi connectivity index (χ2n) is 4.55. The molecule has 1 heterocycles. The Morgan fingerprint density at radius 3 is 2.68 bits per heavy atom. The Hall–Kier alpha value is -2.10. The molecule has 2 aromatic rings. The molecule has 100 valence electrons. The fraction of sp³-hybridized carbons (Fsp3) is 0.333. The van der Waals surface area contributed by atoms with Gasteiger partial charge in [-0.1, -0.05) is 37.3 Å². The number of nitrogens with zero attached hydrogens (tertiary/aromatic N) is 2. The van der Waals surface area contributed by atoms with Crippen LogP contribution < -0.4 is 0 Å². The first kappa shape index (κ1) is 13.3. The molecule has 2 rings (SSSR count). The quantitative estimate of drug-likeness (QED) is 0.866. The Morgan fingerprint density at radius 2 is 2.05 bits per heavy atom. The molecule has 0 amide bonds. The molecule has 0 bridgehead atoms. The van der Waals surface area contributed by atoms with Crippen LogP contribution in [0.25, 0.3) is 0 Å². The lowest BCUT2D eigenvalue weighted by molar-refractivity contribution is -0.138. The average molecular weight is 258 g/mol. The van der Waals surface area contributed by atoms with E-state index in [1.165, 1.54) is 0 Å². The lowest BCUT2D eigenvalue weighted by Crippen LogP contribution is -2.17. The second-order valence-corrected chi connectivity index (χ2v) is 4.55. The largest absolute Gasteiger partial charge is 0.481 e. The Kier molecular flexibility index (Phi) is 4.34. The molecule has 1 aromatic carbocycles. The molecule has 1 aromatic heterocycles. The van der Waals surface area contributed by atoms with Gasteiger partial charge < -0.3 is 5.11 Å². The fourth-order valence-corrected chi connectivity index (χ4v) is 2.19. The average Bonchev–Trinajstić information content (AvgIpc) is 2.84. The van der Waals surface area contributed by atoms with E-state index in [1.807, 2.05) is 41.1 Å². The summed E-state index contributed by atoms with van der Waals surface area (Å²) < 4.78 is 1.89. The number of aliphatic carboxylic acids is 1. The summed E-state index contributed by atoms with van der Waals surface area (Å²) >= 11 is 0. The van der Waals surface area contributed by atoms with Crippen LogP contribution in [0.5, 0.6) is 0 Å². The summed E-state index contributed by atoms with van der Waals surface area (Å²) in [6.45, 7) is 2.90. The van der Waals surface area contributed by atoms with E-state index in [1.54, 1.807) is 6.20 Å². The summed E-state index contributed by atoms with van der Waals surface area (Å²) in [5.41, 5.74) is 1.80. The molecule has 4 heteroatoms. The molecule has 1 N–H and O–H groups in total. The normalized spacial score (nSPS) is 12.3. The number of hydrogen-bond acceptors (Lipinski definition) is 2. The molecule has 0 aliphatic carbocycles. The zero-order valence-electron chi connectivity index (χ0n) is 11.0. The van der Waals surface area contributed by atoms with Crippen molar-refractivity contribution in [2.45, 2.75) is 32.2 Å². The zero-order valence-corrected chi connectivity index (χ0v) is 11.0. The monoisotopic (exact) mass is 258 g/mol. The van der Waals surface area contributed by atoms with E-state index in [2.05, 4.69) is 12.0 Å². The SMILES string of the molecule is CCCn1nccc1CC(C(=O)O)c1ccccc1. The number of carbonyl (C=O) groups is 1. The fourth-order valence-electron chi connectivity index (χ4n) is 2.19. The van der Waals surface area contributed by atoms with Gasteiger partial charge in [0, 0.05) is 24.9 Å². The molecule has 0 aliphatic heterocycles. The van der Waals surface area contributed by atoms with Crippen LogP contribution >= 0.6 is 0 Å². The first-order valence-corrected chi connectivity index (χ1v) is 6.50. The smallest absolute Gasteiger partial charge is 0.311 e. The molecule has 0 saturated heterocycles. The van der Waals surface area contributed by atoms with Gasteiger partial charge in [0.1, 0.15) is 0 Å². The van der Waals surface area contributed by atoms with Crippen LogP contribution in [0.1, 0.15) is 30.5 Å². The maximum absolute atomic E-state index is 11.5. The third-order valence-corrected chi connectivity index (χ3v) is 3.15. The van der Waals surface area contributed by atoms with Crippen LogP contribution in [0.2, 0.25) is 0 Å². The van der Waals surface area contributed by atoms with Gasteiger partial charge in [0.25, 0.3) is 0 Å². The summed E-state index contributed by atoms with van der Waals surface area (Å²) in [6, 6.07) is 11.3. The maximum atomic E-state index is 11.5. The minimum absolute atomic E-state index is 0.472. The van der Waals surface area contributed by atoms with Crippen molar-refractivity contribution in [2.75, 3.05) is 0 Å². The van der Waals surface area contributed by atoms with Crippen molar-refractivity contribution in [3.8, 4) is 0 Å². The number of carboxylic acids is 1. The third kappa shape index (κ3) is 3.22. The molecule has 0 saturated carbocycles. The first-order valence-electron chi connectivity index (χ1n) is 6.50. The Morgan fingerprint density at radius 1 is 1.32 bits per heavy atom. The molecular formula is C15H18N2O2. The van der Waals surface area contributed by atoms with Gasteiger partial charge in [0.05, 0.1) is 5.92 Å². The van der Waals surface area contributed by atoms with Crippen molar-refractivity contribution in [3.05, 3.63) is 53.9 Å². The lowest BCUT2D eigenvalue weighted by Gasteiger charge is -2.14. The summed E-state index contributed by atoms with van der Waals surface area (Å²) in [4.78, 5) is 11.5. The van der Waals surface area contributed by atoms with Gasteiger partial charge in [-0.15, -0.1) is 0 Å². The maximum Gasteiger partial charge on any atom is 0.311 e. The number of benzene rings is 1. The zero-order chi connectivity index (χ0) is 13.7. The second kappa shape index (κ2) is 6.18. The van der Waals surface area contributed by atoms with Crippen LogP contribution in [-0.2, 0) is 17.8 Å². The number of aromatic nitrogens is 2. The van der Waals surface area contributed by atoms with E-state index in [0.29, 0.717) is 6.42 Å². The highest BCUT2D eigenvalue weighted by Gasteiger charge is 2.21. The molecule has 19 heavy (non-hydrogen) atoms. The van der Waals surface area contributed by atoms with Crippen LogP contribution in [0.3, 0.4) is 0 Å². The molecule has 0 radical (unpaired) electrons. The van der Waals surface area contributed by atoms with Crippen LogP contribution in [0, 0.1) is 0 Å². The topological polar surface area (TPSA) is 55.1 Å². The molecule has 0 fully saturated rings. The summed E-state index contributed by atoms with van der Waals surface area (Å²) in [5, 5.41) is 13.7. The number of carboxylic acid groups (broad SMARTS) is 1. The third-order valence-electron chi connectivity index (χ3n) is 3.15. The highest BCUT2D eigenvalue weighted by Crippen LogP contribution is 2.21. The summed E-state index contributed by atoms with van der Waals surface area (Å²) in [6.07, 6.45) is 3.19. The van der Waals surface area contributed by atoms with Crippen LogP contribution in [-0.4, -0.2) is 20.9 Å². The van der Waals surface area contributed by atoms with Crippen molar-refractivity contribution in [1.29, 1.82) is 0 Å². The van der Waals surface area contributed by atoms with Crippen molar-refractivity contribution in [1.82, 2.24) is 9.78 Å². The van der Waals surface area contributed by atoms with E-state index < -0.39 is 11.9 Å². The van der Waals surface area contributed by atoms with Gasteiger partial charge in [-0.2, -0.15) is 5.10 Å². The Labute approximate surface area is 112 Å². The van der Waals surface area contributed by atoms with Gasteiger partial charge in [-0.05, 0) is 18.1 Å². The first-order chi connectivity index (χ1) is 9.22. The molecule has 1 unspecified atom stereocenters. The van der Waals surface area contributed by atoms with Crippen molar-refractivity contribution in [3.63, 3.8) is 0 Å². The molecule has 0 aliphatic rings. The van der Waals surface area contributed by atoms with Crippen molar-refractivity contribution in [2.24, 2.45) is 0 Å². The standard InChI is InChI=1S/C15H18N2O2/c1-2-10-17-13(8-9-16-17)11-14(15(18)19)12-6-4-3-5-7-12/h3-9,14H,2,10-11H2,1H3,(H,18,19). The highest BCUT2D eigenvalue weighted by atomic mass is 16.4. The van der Waals surface area contributed by atoms with Gasteiger partial charge in [0.2, 0.25) is 0 Å². The predicted octanol–water partition coefficient (Wildman–Crippen LogP) is 2.70. The van der Waals surface area contributed by atoms with Gasteiger partial charge >= 0.3 is 5.97 Å². The van der Waals surface area contributed by atoms with Crippen LogP contribution in [0.4, 0.5) is 0 Å². The predicted molar refractivity (Wildman–Crippen MR) is 73.0 cm³/mol. The molecule has 1 atom stereocenters. The molecular weight excluding hydrogens is 240 g/mol. The van der Waals surface area contributed by atoms with Gasteiger partial charge in [-0.25, -0.2) is 0 Å². The Balaban J connectivity index is 2.22. The number of rotatable bonds is 6. The minimum Gasteiger partial charge on any atom is -0.481 e. The van der Waals surface area contributed by atoms with E-state index >= 15 is 0 Å².